The van der Waals surface area contributed by atoms with Crippen LogP contribution in [0.1, 0.15) is 0 Å². The summed E-state index contributed by atoms with van der Waals surface area (Å²) in [6.45, 7) is 32.7. The molecule has 0 N–H and O–H groups in total. The van der Waals surface area contributed by atoms with Crippen molar-refractivity contribution < 1.29 is 0 Å². The van der Waals surface area contributed by atoms with Gasteiger partial charge in [-0.05, 0) is 0 Å². The molecule has 0 aromatic carbocycles. The van der Waals surface area contributed by atoms with Gasteiger partial charge < -0.3 is 0 Å². The van der Waals surface area contributed by atoms with E-state index in [2.05, 4.69) is 78.6 Å². The molecule has 0 nitrogen and oxygen atoms in total. The summed E-state index contributed by atoms with van der Waals surface area (Å²) in [4.78, 5) is 0. The maximum atomic E-state index is 2.84. The van der Waals surface area contributed by atoms with Crippen molar-refractivity contribution >= 4 is 51.3 Å². The molecule has 0 aliphatic carbocycles. The lowest BCUT2D eigenvalue weighted by atomic mass is 11.5. The predicted octanol–water partition coefficient (Wildman–Crippen LogP) is 5.15. The monoisotopic (exact) mass is 372 g/mol. The van der Waals surface area contributed by atoms with Crippen molar-refractivity contribution in [3.05, 3.63) is 0 Å². The number of hydrogen-bond acceptors (Lipinski definition) is 0. The first kappa shape index (κ1) is 19.3. The zero-order chi connectivity index (χ0) is 16.3. The number of hydrogen-bond donors (Lipinski definition) is 0. The second-order valence-electron chi connectivity index (χ2n) is 8.75. The molecule has 1 heterocycles. The average molecular weight is 373 g/mol. The van der Waals surface area contributed by atoms with Gasteiger partial charge in [0.05, 0.1) is 0 Å². The molecule has 1 saturated heterocycles. The lowest BCUT2D eigenvalue weighted by molar-refractivity contribution is 1.01. The van der Waals surface area contributed by atoms with E-state index < -0.39 is 16.1 Å². The fraction of sp³-hybridized carbons (Fsp3) is 1.00. The van der Waals surface area contributed by atoms with Crippen molar-refractivity contribution in [1.29, 1.82) is 0 Å². The first-order chi connectivity index (χ1) is 8.77. The molecule has 0 saturated carbocycles. The Labute approximate surface area is 137 Å². The zero-order valence-corrected chi connectivity index (χ0v) is 22.0. The Morgan fingerprint density at radius 3 is 0.700 bits per heavy atom. The Morgan fingerprint density at radius 1 is 0.450 bits per heavy atom. The predicted molar refractivity (Wildman–Crippen MR) is 110 cm³/mol. The van der Waals surface area contributed by atoms with Gasteiger partial charge in [-0.2, -0.15) is 0 Å². The highest BCUT2D eigenvalue weighted by Gasteiger charge is 2.83. The summed E-state index contributed by atoms with van der Waals surface area (Å²) in [6, 6.07) is 0. The zero-order valence-electron chi connectivity index (χ0n) is 16.0. The maximum absolute atomic E-state index is 2.84. The van der Waals surface area contributed by atoms with Gasteiger partial charge in [0.25, 0.3) is 0 Å². The van der Waals surface area contributed by atoms with Crippen LogP contribution in [0.5, 0.6) is 0 Å². The fourth-order valence-electron chi connectivity index (χ4n) is 8.06. The molecule has 0 unspecified atom stereocenters. The van der Waals surface area contributed by atoms with Crippen LogP contribution in [0.4, 0.5) is 0 Å². The number of rotatable bonds is 4. The molecule has 0 aromatic heterocycles. The van der Waals surface area contributed by atoms with Crippen LogP contribution >= 0.6 is 0 Å². The van der Waals surface area contributed by atoms with Crippen molar-refractivity contribution in [2.24, 2.45) is 0 Å². The summed E-state index contributed by atoms with van der Waals surface area (Å²) in [5, 5.41) is 0. The van der Waals surface area contributed by atoms with Crippen molar-refractivity contribution in [3.63, 3.8) is 0 Å². The topological polar surface area (TPSA) is 0 Å². The Kier molecular flexibility index (Phi) is 5.26. The van der Waals surface area contributed by atoms with E-state index in [0.717, 1.165) is 7.82 Å². The normalized spacial score (nSPS) is 26.4. The molecule has 20 heavy (non-hydrogen) atoms. The molecule has 0 atom stereocenters. The molecular weight excluding hydrogens is 337 g/mol. The van der Waals surface area contributed by atoms with E-state index in [1.807, 2.05) is 0 Å². The quantitative estimate of drug-likeness (QED) is 0.598. The van der Waals surface area contributed by atoms with Gasteiger partial charge in [0, 0.05) is 51.3 Å². The molecule has 0 aromatic rings. The second kappa shape index (κ2) is 5.44. The fourth-order valence-corrected chi connectivity index (χ4v) is 81.6. The third kappa shape index (κ3) is 1.72. The Balaban J connectivity index is 3.67. The summed E-state index contributed by atoms with van der Waals surface area (Å²) >= 11 is 0. The summed E-state index contributed by atoms with van der Waals surface area (Å²) in [7, 11) is -3.04. The Hall–Kier alpha value is 1.30. The van der Waals surface area contributed by atoms with Crippen LogP contribution in [0.2, 0.25) is 86.4 Å². The van der Waals surface area contributed by atoms with E-state index in [9.17, 15) is 0 Å². The smallest absolute Gasteiger partial charge is 0.0432 e. The summed E-state index contributed by atoms with van der Waals surface area (Å²) in [6.07, 6.45) is 0. The molecule has 6 heteroatoms. The maximum Gasteiger partial charge on any atom is 0.0432 e. The lowest BCUT2D eigenvalue weighted by Gasteiger charge is -2.83. The molecule has 1 fully saturated rings. The van der Waals surface area contributed by atoms with Gasteiger partial charge in [0.15, 0.2) is 0 Å². The Morgan fingerprint density at radius 2 is 0.600 bits per heavy atom. The van der Waals surface area contributed by atoms with Crippen LogP contribution in [-0.4, -0.2) is 51.3 Å². The largest absolute Gasteiger partial charge is 0.0715 e. The standard InChI is InChI=1S/C14H36Si6/c1-15(2)13(16(3)4)19(9,10)14(17(5)6,18(7)8)20(13,11)12/h1-12H3. The van der Waals surface area contributed by atoms with Crippen LogP contribution < -0.4 is 0 Å². The minimum atomic E-state index is -1.15. The van der Waals surface area contributed by atoms with E-state index in [1.165, 1.54) is 0 Å². The van der Waals surface area contributed by atoms with Gasteiger partial charge >= 0.3 is 0 Å². The van der Waals surface area contributed by atoms with Crippen LogP contribution in [0.25, 0.3) is 0 Å². The van der Waals surface area contributed by atoms with E-state index in [4.69, 9.17) is 0 Å². The van der Waals surface area contributed by atoms with Gasteiger partial charge in [-0.25, -0.2) is 0 Å². The average Bonchev–Trinajstić information content (AvgIpc) is 2.11. The van der Waals surface area contributed by atoms with Crippen molar-refractivity contribution in [2.75, 3.05) is 0 Å². The molecule has 1 aliphatic rings. The summed E-state index contributed by atoms with van der Waals surface area (Å²) < 4.78 is 1.89. The van der Waals surface area contributed by atoms with Crippen molar-refractivity contribution in [1.82, 2.24) is 0 Å². The van der Waals surface area contributed by atoms with Crippen LogP contribution in [0.15, 0.2) is 0 Å². The molecule has 4 radical (unpaired) electrons. The van der Waals surface area contributed by atoms with E-state index in [1.54, 1.807) is 0 Å². The highest BCUT2D eigenvalue weighted by Crippen LogP contribution is 2.77. The van der Waals surface area contributed by atoms with Gasteiger partial charge in [0.2, 0.25) is 0 Å². The van der Waals surface area contributed by atoms with Gasteiger partial charge in [-0.15, -0.1) is 0 Å². The second-order valence-corrected chi connectivity index (χ2v) is 35.2. The molecule has 0 spiro atoms. The highest BCUT2D eigenvalue weighted by molar-refractivity contribution is 7.45. The molecule has 116 valence electrons. The summed E-state index contributed by atoms with van der Waals surface area (Å²) in [5.74, 6) is 0. The van der Waals surface area contributed by atoms with E-state index in [0.29, 0.717) is 0 Å². The molecule has 1 aliphatic heterocycles. The third-order valence-electron chi connectivity index (χ3n) is 6.75. The molecule has 1 rings (SSSR count). The van der Waals surface area contributed by atoms with Gasteiger partial charge in [0.1, 0.15) is 0 Å². The lowest BCUT2D eigenvalue weighted by Crippen LogP contribution is -2.93. The molecule has 0 bridgehead atoms. The first-order valence-corrected chi connectivity index (χ1v) is 24.0. The molecule has 0 amide bonds. The summed E-state index contributed by atoms with van der Waals surface area (Å²) in [5.41, 5.74) is 0. The van der Waals surface area contributed by atoms with Crippen molar-refractivity contribution in [3.8, 4) is 0 Å². The Bertz CT molecular complexity index is 302. The minimum Gasteiger partial charge on any atom is -0.0715 e. The van der Waals surface area contributed by atoms with Crippen LogP contribution in [0.3, 0.4) is 0 Å². The van der Waals surface area contributed by atoms with Crippen LogP contribution in [-0.2, 0) is 0 Å². The van der Waals surface area contributed by atoms with Crippen LogP contribution in [0, 0.1) is 0 Å². The van der Waals surface area contributed by atoms with E-state index >= 15 is 0 Å². The van der Waals surface area contributed by atoms with E-state index in [-0.39, 0.29) is 35.2 Å². The first-order valence-electron chi connectivity index (χ1n) is 8.00. The third-order valence-corrected chi connectivity index (χ3v) is 60.8. The van der Waals surface area contributed by atoms with Gasteiger partial charge in [-0.1, -0.05) is 86.4 Å². The van der Waals surface area contributed by atoms with Crippen molar-refractivity contribution in [2.45, 2.75) is 86.4 Å². The minimum absolute atomic E-state index is 0.183. The molecular formula is C14H36Si6. The SMILES string of the molecule is C[Si](C)C1([Si](C)C)[Si](C)(C)C([Si](C)C)([Si](C)C)[Si]1(C)C. The van der Waals surface area contributed by atoms with Gasteiger partial charge in [-0.3, -0.25) is 0 Å². The highest BCUT2D eigenvalue weighted by atomic mass is 28.6.